The maximum Gasteiger partial charge on any atom is 0.185 e. The van der Waals surface area contributed by atoms with Crippen molar-refractivity contribution >= 4 is 45.0 Å². The zero-order valence-corrected chi connectivity index (χ0v) is 24.5. The first kappa shape index (κ1) is 26.4. The highest BCUT2D eigenvalue weighted by atomic mass is 79.9. The topological polar surface area (TPSA) is 72.9 Å². The Kier molecular flexibility index (Phi) is 6.17. The number of nitrogens with zero attached hydrogens (tertiary/aromatic N) is 1. The zero-order valence-electron chi connectivity index (χ0n) is 22.9. The molecule has 7 rings (SSSR count). The lowest BCUT2D eigenvalue weighted by Gasteiger charge is -2.37. The van der Waals surface area contributed by atoms with Gasteiger partial charge in [-0.1, -0.05) is 88.7 Å². The van der Waals surface area contributed by atoms with Crippen molar-refractivity contribution in [1.29, 1.82) is 0 Å². The van der Waals surface area contributed by atoms with Crippen LogP contribution in [-0.4, -0.2) is 43.7 Å². The average Bonchev–Trinajstić information content (AvgIpc) is 3.46. The lowest BCUT2D eigenvalue weighted by atomic mass is 9.64. The van der Waals surface area contributed by atoms with Crippen molar-refractivity contribution in [2.24, 2.45) is 5.41 Å². The molecule has 1 aliphatic carbocycles. The normalized spacial score (nSPS) is 21.2. The van der Waals surface area contributed by atoms with Crippen LogP contribution in [0.25, 0.3) is 6.08 Å². The van der Waals surface area contributed by atoms with Crippen LogP contribution in [-0.2, 0) is 0 Å². The van der Waals surface area contributed by atoms with E-state index in [1.165, 1.54) is 0 Å². The third-order valence-electron chi connectivity index (χ3n) is 8.87. The van der Waals surface area contributed by atoms with Crippen LogP contribution >= 0.6 is 15.9 Å². The summed E-state index contributed by atoms with van der Waals surface area (Å²) < 4.78 is 12.2. The first-order chi connectivity index (χ1) is 20.4. The quantitative estimate of drug-likeness (QED) is 0.181. The van der Waals surface area contributed by atoms with E-state index < -0.39 is 23.4 Å². The molecule has 0 N–H and O–H groups in total. The third-order valence-corrected chi connectivity index (χ3v) is 9.36. The molecule has 4 aromatic rings. The summed E-state index contributed by atoms with van der Waals surface area (Å²) in [5, 5.41) is 0. The molecule has 0 amide bonds. The number of hydrogen-bond acceptors (Lipinski definition) is 6. The molecular formula is C35H26BrNO5. The van der Waals surface area contributed by atoms with Crippen LogP contribution in [0.3, 0.4) is 0 Å². The number of rotatable bonds is 5. The average molecular weight is 620 g/mol. The van der Waals surface area contributed by atoms with Gasteiger partial charge in [0.25, 0.3) is 0 Å². The number of benzene rings is 4. The molecule has 3 atom stereocenters. The highest BCUT2D eigenvalue weighted by Gasteiger charge is 2.72. The van der Waals surface area contributed by atoms with Crippen LogP contribution < -0.4 is 14.4 Å². The van der Waals surface area contributed by atoms with Crippen LogP contribution in [0.1, 0.15) is 48.1 Å². The summed E-state index contributed by atoms with van der Waals surface area (Å²) >= 11 is 3.57. The smallest absolute Gasteiger partial charge is 0.185 e. The van der Waals surface area contributed by atoms with Gasteiger partial charge >= 0.3 is 0 Å². The van der Waals surface area contributed by atoms with Gasteiger partial charge in [0.2, 0.25) is 0 Å². The van der Waals surface area contributed by atoms with Gasteiger partial charge < -0.3 is 14.4 Å². The van der Waals surface area contributed by atoms with E-state index in [9.17, 15) is 14.4 Å². The Balaban J connectivity index is 1.57. The van der Waals surface area contributed by atoms with Gasteiger partial charge in [0.15, 0.2) is 17.3 Å². The summed E-state index contributed by atoms with van der Waals surface area (Å²) in [7, 11) is 3.11. The molecule has 208 valence electrons. The van der Waals surface area contributed by atoms with E-state index in [1.54, 1.807) is 62.8 Å². The number of anilines is 1. The van der Waals surface area contributed by atoms with Crippen molar-refractivity contribution in [1.82, 2.24) is 0 Å². The molecule has 4 aromatic carbocycles. The minimum atomic E-state index is -1.61. The molecule has 2 heterocycles. The number of hydrogen-bond donors (Lipinski definition) is 0. The number of methoxy groups -OCH3 is 2. The first-order valence-electron chi connectivity index (χ1n) is 13.7. The number of Topliss-reactive ketones (excluding diaryl/α,β-unsaturated/α-hetero) is 3. The van der Waals surface area contributed by atoms with E-state index in [-0.39, 0.29) is 17.3 Å². The Hall–Kier alpha value is -4.49. The molecule has 7 heteroatoms. The molecule has 1 saturated heterocycles. The number of carbonyl (C=O) groups is 3. The predicted molar refractivity (Wildman–Crippen MR) is 164 cm³/mol. The molecule has 0 unspecified atom stereocenters. The molecule has 42 heavy (non-hydrogen) atoms. The van der Waals surface area contributed by atoms with Crippen molar-refractivity contribution in [3.8, 4) is 11.5 Å². The number of carbonyl (C=O) groups excluding carboxylic acids is 3. The number of ketones is 3. The fraction of sp³-hybridized carbons (Fsp3) is 0.171. The summed E-state index contributed by atoms with van der Waals surface area (Å²) in [6.07, 6.45) is 3.86. The van der Waals surface area contributed by atoms with Crippen molar-refractivity contribution < 1.29 is 23.9 Å². The van der Waals surface area contributed by atoms with Crippen molar-refractivity contribution in [3.63, 3.8) is 0 Å². The SMILES string of the molecule is COc1ccc([C@@H]2[C@@H](C(=O)c3ccccc3)N3c4ccc(Br)cc4C=C[C@H]3C23C(=O)c2ccccc2C3=O)c(OC)c1. The lowest BCUT2D eigenvalue weighted by Crippen LogP contribution is -2.48. The van der Waals surface area contributed by atoms with Gasteiger partial charge in [0, 0.05) is 44.4 Å². The number of halogens is 1. The highest BCUT2D eigenvalue weighted by molar-refractivity contribution is 9.10. The van der Waals surface area contributed by atoms with Crippen molar-refractivity contribution in [2.45, 2.75) is 18.0 Å². The van der Waals surface area contributed by atoms with Gasteiger partial charge in [0.05, 0.1) is 20.3 Å². The van der Waals surface area contributed by atoms with E-state index in [1.807, 2.05) is 59.5 Å². The standard InChI is InChI=1S/C35H26BrNO5/c1-41-23-14-15-26(28(19-23)42-2)30-31(32(38)20-8-4-3-5-9-20)37-27-16-13-22(36)18-21(27)12-17-29(37)35(30)33(39)24-10-6-7-11-25(24)34(35)40/h3-19,29-31H,1-2H3/t29-,30+,31-/m0/s1. The first-order valence-corrected chi connectivity index (χ1v) is 14.5. The maximum absolute atomic E-state index is 14.8. The molecule has 0 bridgehead atoms. The monoisotopic (exact) mass is 619 g/mol. The predicted octanol–water partition coefficient (Wildman–Crippen LogP) is 6.78. The molecule has 0 radical (unpaired) electrons. The lowest BCUT2D eigenvalue weighted by molar-refractivity contribution is 0.0665. The number of ether oxygens (including phenoxy) is 2. The Bertz CT molecular complexity index is 1780. The second kappa shape index (κ2) is 9.81. The summed E-state index contributed by atoms with van der Waals surface area (Å²) in [6.45, 7) is 0. The van der Waals surface area contributed by atoms with Crippen LogP contribution in [0.2, 0.25) is 0 Å². The summed E-state index contributed by atoms with van der Waals surface area (Å²) in [6, 6.07) is 25.6. The molecule has 0 saturated carbocycles. The molecule has 0 aromatic heterocycles. The van der Waals surface area contributed by atoms with Gasteiger partial charge in [-0.2, -0.15) is 0 Å². The summed E-state index contributed by atoms with van der Waals surface area (Å²) in [5.41, 5.74) is 1.92. The van der Waals surface area contributed by atoms with Gasteiger partial charge in [-0.25, -0.2) is 0 Å². The van der Waals surface area contributed by atoms with Crippen LogP contribution in [0.5, 0.6) is 11.5 Å². The molecule has 3 aliphatic rings. The third kappa shape index (κ3) is 3.53. The Morgan fingerprint density at radius 3 is 2.19 bits per heavy atom. The molecule has 6 nitrogen and oxygen atoms in total. The molecule has 1 fully saturated rings. The molecule has 2 aliphatic heterocycles. The second-order valence-corrected chi connectivity index (χ2v) is 11.7. The molecule has 1 spiro atoms. The van der Waals surface area contributed by atoms with E-state index in [4.69, 9.17) is 9.47 Å². The largest absolute Gasteiger partial charge is 0.497 e. The maximum atomic E-state index is 14.8. The fourth-order valence-electron chi connectivity index (χ4n) is 7.14. The minimum absolute atomic E-state index is 0.180. The van der Waals surface area contributed by atoms with Crippen molar-refractivity contribution in [2.75, 3.05) is 19.1 Å². The fourth-order valence-corrected chi connectivity index (χ4v) is 7.52. The van der Waals surface area contributed by atoms with E-state index in [0.717, 1.165) is 15.7 Å². The van der Waals surface area contributed by atoms with Gasteiger partial charge in [-0.3, -0.25) is 14.4 Å². The van der Waals surface area contributed by atoms with Crippen molar-refractivity contribution in [3.05, 3.63) is 129 Å². The van der Waals surface area contributed by atoms with Crippen LogP contribution in [0, 0.1) is 5.41 Å². The van der Waals surface area contributed by atoms with Crippen LogP contribution in [0.4, 0.5) is 5.69 Å². The summed E-state index contributed by atoms with van der Waals surface area (Å²) in [5.74, 6) is -0.609. The summed E-state index contributed by atoms with van der Waals surface area (Å²) in [4.78, 5) is 46.3. The Morgan fingerprint density at radius 1 is 0.833 bits per heavy atom. The van der Waals surface area contributed by atoms with Crippen LogP contribution in [0.15, 0.2) is 102 Å². The van der Waals surface area contributed by atoms with Gasteiger partial charge in [0.1, 0.15) is 23.0 Å². The minimum Gasteiger partial charge on any atom is -0.497 e. The Labute approximate surface area is 251 Å². The zero-order chi connectivity index (χ0) is 29.2. The van der Waals surface area contributed by atoms with E-state index in [2.05, 4.69) is 15.9 Å². The van der Waals surface area contributed by atoms with E-state index >= 15 is 0 Å². The van der Waals surface area contributed by atoms with E-state index in [0.29, 0.717) is 33.8 Å². The highest BCUT2D eigenvalue weighted by Crippen LogP contribution is 2.62. The second-order valence-electron chi connectivity index (χ2n) is 10.7. The Morgan fingerprint density at radius 2 is 1.52 bits per heavy atom. The van der Waals surface area contributed by atoms with Gasteiger partial charge in [-0.15, -0.1) is 0 Å². The van der Waals surface area contributed by atoms with Gasteiger partial charge in [-0.05, 0) is 29.8 Å². The molecular weight excluding hydrogens is 594 g/mol. The number of fused-ring (bicyclic) bond motifs is 5.